The molecule has 1 aromatic carbocycles. The standard InChI is InChI=1S/C13H16N2O/c1-9(2)8-11-12(16-15-13(11)14)10-6-4-3-5-7-10/h3-7,9H,8H2,1-2H3,(H2,14,15). The van der Waals surface area contributed by atoms with Crippen LogP contribution in [0.3, 0.4) is 0 Å². The summed E-state index contributed by atoms with van der Waals surface area (Å²) in [6.45, 7) is 4.31. The molecule has 2 N–H and O–H groups in total. The van der Waals surface area contributed by atoms with Crippen molar-refractivity contribution >= 4 is 5.82 Å². The van der Waals surface area contributed by atoms with Gasteiger partial charge in [0.1, 0.15) is 0 Å². The first kappa shape index (κ1) is 10.7. The fourth-order valence-corrected chi connectivity index (χ4v) is 1.74. The number of hydrogen-bond acceptors (Lipinski definition) is 3. The Morgan fingerprint density at radius 2 is 1.94 bits per heavy atom. The predicted molar refractivity (Wildman–Crippen MR) is 64.9 cm³/mol. The number of nitrogens with zero attached hydrogens (tertiary/aromatic N) is 1. The summed E-state index contributed by atoms with van der Waals surface area (Å²) in [5.41, 5.74) is 7.87. The Kier molecular flexibility index (Phi) is 2.95. The third kappa shape index (κ3) is 2.08. The van der Waals surface area contributed by atoms with Crippen molar-refractivity contribution in [3.63, 3.8) is 0 Å². The van der Waals surface area contributed by atoms with Crippen LogP contribution in [-0.2, 0) is 6.42 Å². The Labute approximate surface area is 95.3 Å². The molecule has 0 saturated carbocycles. The highest BCUT2D eigenvalue weighted by Crippen LogP contribution is 2.29. The van der Waals surface area contributed by atoms with Crippen molar-refractivity contribution in [2.75, 3.05) is 5.73 Å². The van der Waals surface area contributed by atoms with E-state index in [-0.39, 0.29) is 0 Å². The molecule has 1 heterocycles. The Balaban J connectivity index is 2.42. The average molecular weight is 216 g/mol. The van der Waals surface area contributed by atoms with Crippen molar-refractivity contribution in [3.8, 4) is 11.3 Å². The van der Waals surface area contributed by atoms with E-state index >= 15 is 0 Å². The normalized spacial score (nSPS) is 10.9. The third-order valence-electron chi connectivity index (χ3n) is 2.47. The van der Waals surface area contributed by atoms with E-state index in [2.05, 4.69) is 19.0 Å². The van der Waals surface area contributed by atoms with Gasteiger partial charge in [0.15, 0.2) is 11.6 Å². The molecule has 0 bridgehead atoms. The van der Waals surface area contributed by atoms with Crippen molar-refractivity contribution in [2.45, 2.75) is 20.3 Å². The fourth-order valence-electron chi connectivity index (χ4n) is 1.74. The fraction of sp³-hybridized carbons (Fsp3) is 0.308. The molecule has 0 aliphatic heterocycles. The summed E-state index contributed by atoms with van der Waals surface area (Å²) in [4.78, 5) is 0. The van der Waals surface area contributed by atoms with Gasteiger partial charge in [0.2, 0.25) is 0 Å². The largest absolute Gasteiger partial charge is 0.381 e. The molecule has 1 aromatic heterocycles. The molecule has 0 fully saturated rings. The summed E-state index contributed by atoms with van der Waals surface area (Å²) in [7, 11) is 0. The lowest BCUT2D eigenvalue weighted by atomic mass is 10.00. The lowest BCUT2D eigenvalue weighted by Crippen LogP contribution is -1.98. The monoisotopic (exact) mass is 216 g/mol. The van der Waals surface area contributed by atoms with Gasteiger partial charge in [-0.1, -0.05) is 49.3 Å². The van der Waals surface area contributed by atoms with Gasteiger partial charge in [0.05, 0.1) is 0 Å². The highest BCUT2D eigenvalue weighted by Gasteiger charge is 2.16. The molecule has 0 spiro atoms. The Morgan fingerprint density at radius 3 is 2.56 bits per heavy atom. The average Bonchev–Trinajstić information content (AvgIpc) is 2.61. The third-order valence-corrected chi connectivity index (χ3v) is 2.47. The molecular formula is C13H16N2O. The molecule has 16 heavy (non-hydrogen) atoms. The molecule has 0 aliphatic rings. The molecule has 0 unspecified atom stereocenters. The first-order valence-electron chi connectivity index (χ1n) is 5.48. The second-order valence-electron chi connectivity index (χ2n) is 4.34. The van der Waals surface area contributed by atoms with Crippen molar-refractivity contribution in [2.24, 2.45) is 5.92 Å². The minimum Gasteiger partial charge on any atom is -0.381 e. The topological polar surface area (TPSA) is 52.0 Å². The Hall–Kier alpha value is -1.77. The van der Waals surface area contributed by atoms with Crippen molar-refractivity contribution in [3.05, 3.63) is 35.9 Å². The van der Waals surface area contributed by atoms with Gasteiger partial charge in [-0.15, -0.1) is 0 Å². The van der Waals surface area contributed by atoms with Crippen LogP contribution in [0.15, 0.2) is 34.9 Å². The van der Waals surface area contributed by atoms with Crippen LogP contribution < -0.4 is 5.73 Å². The minimum absolute atomic E-state index is 0.507. The zero-order chi connectivity index (χ0) is 11.5. The van der Waals surface area contributed by atoms with Crippen molar-refractivity contribution in [1.82, 2.24) is 5.16 Å². The van der Waals surface area contributed by atoms with E-state index in [1.54, 1.807) is 0 Å². The summed E-state index contributed by atoms with van der Waals surface area (Å²) >= 11 is 0. The molecule has 0 saturated heterocycles. The summed E-state index contributed by atoms with van der Waals surface area (Å²) in [5.74, 6) is 1.84. The van der Waals surface area contributed by atoms with Gasteiger partial charge in [0, 0.05) is 11.1 Å². The van der Waals surface area contributed by atoms with Crippen molar-refractivity contribution < 1.29 is 4.52 Å². The summed E-state index contributed by atoms with van der Waals surface area (Å²) in [5, 5.41) is 3.85. The molecular weight excluding hydrogens is 200 g/mol. The van der Waals surface area contributed by atoms with Crippen LogP contribution in [0, 0.1) is 5.92 Å². The minimum atomic E-state index is 0.507. The van der Waals surface area contributed by atoms with Crippen LogP contribution in [0.4, 0.5) is 5.82 Å². The maximum atomic E-state index is 5.82. The SMILES string of the molecule is CC(C)Cc1c(N)noc1-c1ccccc1. The van der Waals surface area contributed by atoms with E-state index < -0.39 is 0 Å². The quantitative estimate of drug-likeness (QED) is 0.857. The first-order chi connectivity index (χ1) is 7.68. The van der Waals surface area contributed by atoms with Gasteiger partial charge >= 0.3 is 0 Å². The molecule has 84 valence electrons. The number of hydrogen-bond donors (Lipinski definition) is 1. The molecule has 2 aromatic rings. The highest BCUT2D eigenvalue weighted by molar-refractivity contribution is 5.65. The second kappa shape index (κ2) is 4.39. The molecule has 0 aliphatic carbocycles. The van der Waals surface area contributed by atoms with Gasteiger partial charge in [-0.2, -0.15) is 0 Å². The van der Waals surface area contributed by atoms with Crippen molar-refractivity contribution in [1.29, 1.82) is 0 Å². The number of benzene rings is 1. The Bertz CT molecular complexity index is 460. The summed E-state index contributed by atoms with van der Waals surface area (Å²) in [6, 6.07) is 9.94. The van der Waals surface area contributed by atoms with Gasteiger partial charge in [-0.25, -0.2) is 0 Å². The molecule has 3 nitrogen and oxygen atoms in total. The van der Waals surface area contributed by atoms with Gasteiger partial charge in [0.25, 0.3) is 0 Å². The predicted octanol–water partition coefficient (Wildman–Crippen LogP) is 3.12. The lowest BCUT2D eigenvalue weighted by molar-refractivity contribution is 0.434. The zero-order valence-corrected chi connectivity index (χ0v) is 9.60. The zero-order valence-electron chi connectivity index (χ0n) is 9.60. The van der Waals surface area contributed by atoms with Crippen LogP contribution >= 0.6 is 0 Å². The van der Waals surface area contributed by atoms with Crippen LogP contribution in [0.25, 0.3) is 11.3 Å². The second-order valence-corrected chi connectivity index (χ2v) is 4.34. The van der Waals surface area contributed by atoms with E-state index in [9.17, 15) is 0 Å². The molecule has 0 radical (unpaired) electrons. The van der Waals surface area contributed by atoms with Gasteiger partial charge in [-0.05, 0) is 12.3 Å². The van der Waals surface area contributed by atoms with E-state index in [0.717, 1.165) is 23.3 Å². The Morgan fingerprint density at radius 1 is 1.25 bits per heavy atom. The van der Waals surface area contributed by atoms with Crippen LogP contribution in [0.2, 0.25) is 0 Å². The van der Waals surface area contributed by atoms with Crippen LogP contribution in [0.5, 0.6) is 0 Å². The van der Waals surface area contributed by atoms with Gasteiger partial charge in [-0.3, -0.25) is 0 Å². The van der Waals surface area contributed by atoms with E-state index in [4.69, 9.17) is 10.3 Å². The van der Waals surface area contributed by atoms with Gasteiger partial charge < -0.3 is 10.3 Å². The molecule has 0 amide bonds. The summed E-state index contributed by atoms with van der Waals surface area (Å²) < 4.78 is 5.31. The number of rotatable bonds is 3. The van der Waals surface area contributed by atoms with E-state index in [0.29, 0.717) is 11.7 Å². The van der Waals surface area contributed by atoms with E-state index in [1.807, 2.05) is 30.3 Å². The maximum Gasteiger partial charge on any atom is 0.172 e. The van der Waals surface area contributed by atoms with E-state index in [1.165, 1.54) is 0 Å². The number of aromatic nitrogens is 1. The highest BCUT2D eigenvalue weighted by atomic mass is 16.5. The molecule has 3 heteroatoms. The summed E-state index contributed by atoms with van der Waals surface area (Å²) in [6.07, 6.45) is 0.888. The number of nitrogens with two attached hydrogens (primary N) is 1. The lowest BCUT2D eigenvalue weighted by Gasteiger charge is -2.04. The maximum absolute atomic E-state index is 5.82. The van der Waals surface area contributed by atoms with Crippen LogP contribution in [0.1, 0.15) is 19.4 Å². The molecule has 2 rings (SSSR count). The van der Waals surface area contributed by atoms with Crippen LogP contribution in [-0.4, -0.2) is 5.16 Å². The smallest absolute Gasteiger partial charge is 0.172 e. The number of nitrogen functional groups attached to an aromatic ring is 1. The number of anilines is 1. The molecule has 0 atom stereocenters. The first-order valence-corrected chi connectivity index (χ1v) is 5.48.